The van der Waals surface area contributed by atoms with Gasteiger partial charge in [-0.2, -0.15) is 18.3 Å². The normalized spacial score (nSPS) is 11.3. The molecule has 5 nitrogen and oxygen atoms in total. The molecular weight excluding hydrogens is 412 g/mol. The zero-order chi connectivity index (χ0) is 21.0. The molecule has 2 aromatic carbocycles. The van der Waals surface area contributed by atoms with E-state index in [0.29, 0.717) is 16.1 Å². The minimum Gasteiger partial charge on any atom is -0.338 e. The minimum absolute atomic E-state index is 0.145. The third-order valence-corrected chi connectivity index (χ3v) is 4.22. The van der Waals surface area contributed by atoms with E-state index < -0.39 is 23.6 Å². The lowest BCUT2D eigenvalue weighted by molar-refractivity contribution is -0.142. The van der Waals surface area contributed by atoms with Crippen molar-refractivity contribution >= 4 is 23.3 Å². The lowest BCUT2D eigenvalue weighted by atomic mass is 10.1. The number of hydrogen-bond donors (Lipinski definition) is 2. The Bertz CT molecular complexity index is 985. The van der Waals surface area contributed by atoms with Crippen LogP contribution in [0.2, 0.25) is 5.02 Å². The standard InChI is InChI=1S/C19H15ClF4N4O/c20-13-3-7-15(8-4-13)28-17(19(22,23)24)16(11-26-28)27-18(29)25-10-9-12-1-5-14(21)6-2-12/h1-8,11H,9-10H2,(H2,25,27,29). The van der Waals surface area contributed by atoms with E-state index in [4.69, 9.17) is 11.6 Å². The number of aromatic nitrogens is 2. The van der Waals surface area contributed by atoms with Crippen LogP contribution in [0, 0.1) is 5.82 Å². The van der Waals surface area contributed by atoms with Crippen LogP contribution in [-0.2, 0) is 12.6 Å². The summed E-state index contributed by atoms with van der Waals surface area (Å²) in [5.41, 5.74) is -0.676. The molecule has 1 aromatic heterocycles. The highest BCUT2D eigenvalue weighted by atomic mass is 35.5. The van der Waals surface area contributed by atoms with Crippen molar-refractivity contribution in [1.29, 1.82) is 0 Å². The average Bonchev–Trinajstić information content (AvgIpc) is 3.08. The van der Waals surface area contributed by atoms with Crippen molar-refractivity contribution in [3.63, 3.8) is 0 Å². The van der Waals surface area contributed by atoms with Crippen molar-refractivity contribution in [3.05, 3.63) is 76.8 Å². The number of carbonyl (C=O) groups excluding carboxylic acids is 1. The Morgan fingerprint density at radius 3 is 2.34 bits per heavy atom. The Morgan fingerprint density at radius 1 is 1.07 bits per heavy atom. The molecule has 0 aliphatic carbocycles. The van der Waals surface area contributed by atoms with Gasteiger partial charge < -0.3 is 10.6 Å². The molecule has 0 aliphatic heterocycles. The highest BCUT2D eigenvalue weighted by molar-refractivity contribution is 6.30. The van der Waals surface area contributed by atoms with Crippen molar-refractivity contribution in [3.8, 4) is 5.69 Å². The van der Waals surface area contributed by atoms with Gasteiger partial charge in [-0.05, 0) is 48.4 Å². The molecule has 1 heterocycles. The van der Waals surface area contributed by atoms with E-state index in [1.54, 1.807) is 12.1 Å². The van der Waals surface area contributed by atoms with Gasteiger partial charge in [0.25, 0.3) is 0 Å². The lowest BCUT2D eigenvalue weighted by Gasteiger charge is -2.13. The first-order chi connectivity index (χ1) is 13.7. The molecule has 0 saturated carbocycles. The quantitative estimate of drug-likeness (QED) is 0.561. The van der Waals surface area contributed by atoms with Crippen LogP contribution >= 0.6 is 11.6 Å². The molecule has 0 fully saturated rings. The molecule has 0 atom stereocenters. The monoisotopic (exact) mass is 426 g/mol. The number of hydrogen-bond acceptors (Lipinski definition) is 2. The summed E-state index contributed by atoms with van der Waals surface area (Å²) in [6, 6.07) is 10.5. The van der Waals surface area contributed by atoms with Gasteiger partial charge in [-0.3, -0.25) is 0 Å². The molecule has 0 spiro atoms. The van der Waals surface area contributed by atoms with E-state index in [1.807, 2.05) is 0 Å². The summed E-state index contributed by atoms with van der Waals surface area (Å²) in [5, 5.41) is 8.75. The number of amides is 2. The fourth-order valence-electron chi connectivity index (χ4n) is 2.63. The van der Waals surface area contributed by atoms with Crippen molar-refractivity contribution in [2.45, 2.75) is 12.6 Å². The first-order valence-electron chi connectivity index (χ1n) is 8.44. The van der Waals surface area contributed by atoms with Crippen LogP contribution in [0.3, 0.4) is 0 Å². The van der Waals surface area contributed by atoms with Gasteiger partial charge in [-0.15, -0.1) is 0 Å². The molecule has 3 aromatic rings. The summed E-state index contributed by atoms with van der Waals surface area (Å²) < 4.78 is 54.3. The second-order valence-electron chi connectivity index (χ2n) is 6.05. The van der Waals surface area contributed by atoms with E-state index in [2.05, 4.69) is 15.7 Å². The molecule has 0 radical (unpaired) electrons. The van der Waals surface area contributed by atoms with Crippen LogP contribution in [-0.4, -0.2) is 22.4 Å². The smallest absolute Gasteiger partial charge is 0.338 e. The van der Waals surface area contributed by atoms with Gasteiger partial charge in [0.2, 0.25) is 0 Å². The van der Waals surface area contributed by atoms with Gasteiger partial charge in [0.15, 0.2) is 5.69 Å². The predicted molar refractivity (Wildman–Crippen MR) is 101 cm³/mol. The number of halogens is 5. The Labute approximate surface area is 168 Å². The van der Waals surface area contributed by atoms with Gasteiger partial charge in [-0.1, -0.05) is 23.7 Å². The molecular formula is C19H15ClF4N4O. The van der Waals surface area contributed by atoms with E-state index in [-0.39, 0.29) is 18.0 Å². The number of urea groups is 1. The van der Waals surface area contributed by atoms with Crippen molar-refractivity contribution in [2.24, 2.45) is 0 Å². The second-order valence-corrected chi connectivity index (χ2v) is 6.49. The topological polar surface area (TPSA) is 59.0 Å². The Kier molecular flexibility index (Phi) is 6.07. The van der Waals surface area contributed by atoms with Crippen molar-refractivity contribution in [2.75, 3.05) is 11.9 Å². The predicted octanol–water partition coefficient (Wildman–Crippen LogP) is 5.05. The van der Waals surface area contributed by atoms with Gasteiger partial charge >= 0.3 is 12.2 Å². The first kappa shape index (κ1) is 20.7. The van der Waals surface area contributed by atoms with Gasteiger partial charge in [0, 0.05) is 11.6 Å². The van der Waals surface area contributed by atoms with Crippen LogP contribution in [0.15, 0.2) is 54.7 Å². The number of rotatable bonds is 5. The highest BCUT2D eigenvalue weighted by Gasteiger charge is 2.39. The fourth-order valence-corrected chi connectivity index (χ4v) is 2.75. The molecule has 2 amide bonds. The molecule has 29 heavy (non-hydrogen) atoms. The number of nitrogens with one attached hydrogen (secondary N) is 2. The van der Waals surface area contributed by atoms with Crippen LogP contribution in [0.5, 0.6) is 0 Å². The highest BCUT2D eigenvalue weighted by Crippen LogP contribution is 2.36. The number of alkyl halides is 3. The number of carbonyl (C=O) groups is 1. The molecule has 0 unspecified atom stereocenters. The van der Waals surface area contributed by atoms with Gasteiger partial charge in [-0.25, -0.2) is 13.9 Å². The van der Waals surface area contributed by atoms with E-state index in [0.717, 1.165) is 11.8 Å². The van der Waals surface area contributed by atoms with Crippen LogP contribution in [0.1, 0.15) is 11.3 Å². The average molecular weight is 427 g/mol. The number of benzene rings is 2. The van der Waals surface area contributed by atoms with Crippen molar-refractivity contribution in [1.82, 2.24) is 15.1 Å². The first-order valence-corrected chi connectivity index (χ1v) is 8.82. The zero-order valence-electron chi connectivity index (χ0n) is 14.8. The van der Waals surface area contributed by atoms with Gasteiger partial charge in [0.1, 0.15) is 5.82 Å². The molecule has 3 rings (SSSR count). The van der Waals surface area contributed by atoms with Crippen LogP contribution in [0.4, 0.5) is 28.0 Å². The summed E-state index contributed by atoms with van der Waals surface area (Å²) in [7, 11) is 0. The van der Waals surface area contributed by atoms with Crippen LogP contribution in [0.25, 0.3) is 5.69 Å². The Morgan fingerprint density at radius 2 is 1.72 bits per heavy atom. The lowest BCUT2D eigenvalue weighted by Crippen LogP contribution is -2.31. The molecule has 0 bridgehead atoms. The van der Waals surface area contributed by atoms with Gasteiger partial charge in [0.05, 0.1) is 17.6 Å². The van der Waals surface area contributed by atoms with E-state index in [9.17, 15) is 22.4 Å². The Hall–Kier alpha value is -3.07. The van der Waals surface area contributed by atoms with E-state index >= 15 is 0 Å². The summed E-state index contributed by atoms with van der Waals surface area (Å²) in [6.45, 7) is 0.157. The SMILES string of the molecule is O=C(NCCc1ccc(F)cc1)Nc1cnn(-c2ccc(Cl)cc2)c1C(F)(F)F. The number of nitrogens with zero attached hydrogens (tertiary/aromatic N) is 2. The van der Waals surface area contributed by atoms with E-state index in [1.165, 1.54) is 36.4 Å². The summed E-state index contributed by atoms with van der Waals surface area (Å²) in [4.78, 5) is 12.0. The second kappa shape index (κ2) is 8.52. The summed E-state index contributed by atoms with van der Waals surface area (Å²) >= 11 is 5.77. The maximum atomic E-state index is 13.6. The maximum absolute atomic E-state index is 13.6. The third-order valence-electron chi connectivity index (χ3n) is 3.97. The third kappa shape index (κ3) is 5.26. The molecule has 0 aliphatic rings. The molecule has 0 saturated heterocycles. The van der Waals surface area contributed by atoms with Crippen molar-refractivity contribution < 1.29 is 22.4 Å². The minimum atomic E-state index is -4.76. The summed E-state index contributed by atoms with van der Waals surface area (Å²) in [5.74, 6) is -0.378. The van der Waals surface area contributed by atoms with Crippen LogP contribution < -0.4 is 10.6 Å². The summed E-state index contributed by atoms with van der Waals surface area (Å²) in [6.07, 6.45) is -3.44. The Balaban J connectivity index is 1.70. The number of anilines is 1. The fraction of sp³-hybridized carbons (Fsp3) is 0.158. The molecule has 10 heteroatoms. The maximum Gasteiger partial charge on any atom is 0.435 e. The molecule has 152 valence electrons. The zero-order valence-corrected chi connectivity index (χ0v) is 15.6. The molecule has 2 N–H and O–H groups in total. The largest absolute Gasteiger partial charge is 0.435 e.